The summed E-state index contributed by atoms with van der Waals surface area (Å²) in [5.74, 6) is 0. The Labute approximate surface area is 132 Å². The van der Waals surface area contributed by atoms with E-state index in [0.717, 1.165) is 24.9 Å². The lowest BCUT2D eigenvalue weighted by molar-refractivity contribution is -0.116. The summed E-state index contributed by atoms with van der Waals surface area (Å²) in [7, 11) is 0. The molecule has 5 nitrogen and oxygen atoms in total. The maximum atomic E-state index is 11.6. The van der Waals surface area contributed by atoms with Gasteiger partial charge in [-0.1, -0.05) is 30.3 Å². The highest BCUT2D eigenvalue weighted by molar-refractivity contribution is 5.65. The second-order valence-corrected chi connectivity index (χ2v) is 6.74. The first kappa shape index (κ1) is 16.8. The van der Waals surface area contributed by atoms with Gasteiger partial charge in [0.2, 0.25) is 0 Å². The number of carboxylic acid groups (broad SMARTS) is 1. The number of benzene rings is 1. The monoisotopic (exact) mass is 306 g/mol. The minimum absolute atomic E-state index is 0.0677. The quantitative estimate of drug-likeness (QED) is 0.926. The fourth-order valence-corrected chi connectivity index (χ4v) is 2.86. The predicted octanol–water partition coefficient (Wildman–Crippen LogP) is 3.36. The fourth-order valence-electron chi connectivity index (χ4n) is 2.86. The molecule has 2 rings (SSSR count). The number of hydrogen-bond acceptors (Lipinski definition) is 3. The summed E-state index contributed by atoms with van der Waals surface area (Å²) in [5.41, 5.74) is 0.693. The Morgan fingerprint density at radius 2 is 2.05 bits per heavy atom. The van der Waals surface area contributed by atoms with Crippen molar-refractivity contribution in [1.82, 2.24) is 10.0 Å². The van der Waals surface area contributed by atoms with Crippen molar-refractivity contribution in [2.24, 2.45) is 0 Å². The molecule has 1 heterocycles. The highest BCUT2D eigenvalue weighted by Crippen LogP contribution is 2.23. The van der Waals surface area contributed by atoms with Crippen molar-refractivity contribution in [3.8, 4) is 0 Å². The highest BCUT2D eigenvalue weighted by Gasteiger charge is 2.35. The minimum atomic E-state index is -0.906. The fraction of sp³-hybridized carbons (Fsp3) is 0.588. The van der Waals surface area contributed by atoms with E-state index >= 15 is 0 Å². The molecule has 0 unspecified atom stereocenters. The van der Waals surface area contributed by atoms with E-state index in [9.17, 15) is 9.90 Å². The number of piperidine rings is 1. The molecule has 122 valence electrons. The zero-order chi connectivity index (χ0) is 16.2. The molecule has 0 spiro atoms. The third kappa shape index (κ3) is 4.45. The first-order valence-corrected chi connectivity index (χ1v) is 7.81. The van der Waals surface area contributed by atoms with Crippen molar-refractivity contribution in [3.05, 3.63) is 35.9 Å². The Balaban J connectivity index is 1.95. The average Bonchev–Trinajstić information content (AvgIpc) is 2.45. The molecule has 0 saturated carbocycles. The summed E-state index contributed by atoms with van der Waals surface area (Å²) in [6, 6.07) is 10.1. The van der Waals surface area contributed by atoms with Crippen LogP contribution in [0, 0.1) is 0 Å². The first-order valence-electron chi connectivity index (χ1n) is 7.81. The Hall–Kier alpha value is -1.59. The van der Waals surface area contributed by atoms with Crippen LogP contribution in [0.4, 0.5) is 4.79 Å². The van der Waals surface area contributed by atoms with E-state index in [-0.39, 0.29) is 6.10 Å². The number of amides is 1. The first-order chi connectivity index (χ1) is 10.4. The van der Waals surface area contributed by atoms with Crippen LogP contribution in [0.3, 0.4) is 0 Å². The lowest BCUT2D eigenvalue weighted by atomic mass is 10.1. The van der Waals surface area contributed by atoms with Crippen LogP contribution < -0.4 is 0 Å². The molecule has 1 amide bonds. The maximum Gasteiger partial charge on any atom is 0.422 e. The average molecular weight is 306 g/mol. The van der Waals surface area contributed by atoms with Crippen molar-refractivity contribution in [1.29, 1.82) is 0 Å². The van der Waals surface area contributed by atoms with Crippen LogP contribution in [0.25, 0.3) is 0 Å². The van der Waals surface area contributed by atoms with Gasteiger partial charge in [-0.2, -0.15) is 0 Å². The van der Waals surface area contributed by atoms with Crippen LogP contribution in [0.2, 0.25) is 0 Å². The summed E-state index contributed by atoms with van der Waals surface area (Å²) in [5, 5.41) is 12.8. The van der Waals surface area contributed by atoms with Gasteiger partial charge in [-0.15, -0.1) is 0 Å². The Bertz CT molecular complexity index is 484. The summed E-state index contributed by atoms with van der Waals surface area (Å²) in [6.07, 6.45) is 1.08. The van der Waals surface area contributed by atoms with Crippen LogP contribution in [0.5, 0.6) is 0 Å². The molecule has 22 heavy (non-hydrogen) atoms. The second-order valence-electron chi connectivity index (χ2n) is 6.74. The molecule has 1 aromatic rings. The lowest BCUT2D eigenvalue weighted by Crippen LogP contribution is -2.59. The highest BCUT2D eigenvalue weighted by atomic mass is 16.5. The third-order valence-corrected chi connectivity index (χ3v) is 3.78. The standard InChI is InChI=1S/C17H26N2O3/c1-17(2,3)19(16(20)21)18-11-7-10-15(12-18)22-13-14-8-5-4-6-9-14/h4-6,8-9,15H,7,10-13H2,1-3H3,(H,20,21)/t15-/m1/s1. The predicted molar refractivity (Wildman–Crippen MR) is 85.4 cm³/mol. The van der Waals surface area contributed by atoms with Gasteiger partial charge < -0.3 is 9.84 Å². The number of ether oxygens (including phenoxy) is 1. The SMILES string of the molecule is CC(C)(C)N(C(=O)O)N1CCC[C@@H](OCc2ccccc2)C1. The lowest BCUT2D eigenvalue weighted by Gasteiger charge is -2.45. The number of carbonyl (C=O) groups is 1. The van der Waals surface area contributed by atoms with E-state index < -0.39 is 11.6 Å². The molecular weight excluding hydrogens is 280 g/mol. The van der Waals surface area contributed by atoms with Crippen molar-refractivity contribution in [2.75, 3.05) is 13.1 Å². The second kappa shape index (κ2) is 7.11. The zero-order valence-corrected chi connectivity index (χ0v) is 13.7. The molecule has 1 fully saturated rings. The topological polar surface area (TPSA) is 53.0 Å². The minimum Gasteiger partial charge on any atom is -0.464 e. The molecule has 1 saturated heterocycles. The number of hydrazine groups is 1. The molecular formula is C17H26N2O3. The van der Waals surface area contributed by atoms with Crippen molar-refractivity contribution in [3.63, 3.8) is 0 Å². The Kier molecular flexibility index (Phi) is 5.42. The largest absolute Gasteiger partial charge is 0.464 e. The molecule has 1 aromatic carbocycles. The van der Waals surface area contributed by atoms with E-state index in [0.29, 0.717) is 13.2 Å². The smallest absolute Gasteiger partial charge is 0.422 e. The molecule has 1 aliphatic rings. The van der Waals surface area contributed by atoms with E-state index in [1.165, 1.54) is 5.01 Å². The van der Waals surface area contributed by atoms with Crippen molar-refractivity contribution in [2.45, 2.75) is 51.9 Å². The third-order valence-electron chi connectivity index (χ3n) is 3.78. The van der Waals surface area contributed by atoms with E-state index in [1.54, 1.807) is 0 Å². The molecule has 0 aromatic heterocycles. The molecule has 0 radical (unpaired) electrons. The van der Waals surface area contributed by atoms with E-state index in [2.05, 4.69) is 0 Å². The van der Waals surface area contributed by atoms with Gasteiger partial charge in [-0.25, -0.2) is 14.8 Å². The van der Waals surface area contributed by atoms with Crippen LogP contribution in [0.15, 0.2) is 30.3 Å². The van der Waals surface area contributed by atoms with Crippen LogP contribution >= 0.6 is 0 Å². The van der Waals surface area contributed by atoms with Crippen LogP contribution in [0.1, 0.15) is 39.2 Å². The summed E-state index contributed by atoms with van der Waals surface area (Å²) in [6.45, 7) is 7.69. The van der Waals surface area contributed by atoms with Gasteiger partial charge in [-0.05, 0) is 39.2 Å². The van der Waals surface area contributed by atoms with Gasteiger partial charge in [0.05, 0.1) is 18.2 Å². The zero-order valence-electron chi connectivity index (χ0n) is 13.7. The molecule has 0 bridgehead atoms. The van der Waals surface area contributed by atoms with Gasteiger partial charge in [0.15, 0.2) is 0 Å². The molecule has 0 aliphatic carbocycles. The van der Waals surface area contributed by atoms with Crippen molar-refractivity contribution < 1.29 is 14.6 Å². The number of rotatable bonds is 4. The normalized spacial score (nSPS) is 19.9. The Morgan fingerprint density at radius 3 is 2.64 bits per heavy atom. The number of hydrogen-bond donors (Lipinski definition) is 1. The van der Waals surface area contributed by atoms with E-state index in [4.69, 9.17) is 4.74 Å². The van der Waals surface area contributed by atoms with Gasteiger partial charge >= 0.3 is 6.09 Å². The summed E-state index contributed by atoms with van der Waals surface area (Å²) >= 11 is 0. The van der Waals surface area contributed by atoms with Gasteiger partial charge in [0.1, 0.15) is 0 Å². The van der Waals surface area contributed by atoms with Crippen LogP contribution in [-0.4, -0.2) is 45.9 Å². The molecule has 1 N–H and O–H groups in total. The molecule has 1 atom stereocenters. The molecule has 5 heteroatoms. The van der Waals surface area contributed by atoms with E-state index in [1.807, 2.05) is 56.1 Å². The maximum absolute atomic E-state index is 11.6. The van der Waals surface area contributed by atoms with Gasteiger partial charge in [-0.3, -0.25) is 0 Å². The van der Waals surface area contributed by atoms with Crippen molar-refractivity contribution >= 4 is 6.09 Å². The van der Waals surface area contributed by atoms with Crippen LogP contribution in [-0.2, 0) is 11.3 Å². The Morgan fingerprint density at radius 1 is 1.36 bits per heavy atom. The molecule has 1 aliphatic heterocycles. The van der Waals surface area contributed by atoms with Gasteiger partial charge in [0, 0.05) is 13.1 Å². The summed E-state index contributed by atoms with van der Waals surface area (Å²) < 4.78 is 5.98. The number of nitrogens with zero attached hydrogens (tertiary/aromatic N) is 2. The summed E-state index contributed by atoms with van der Waals surface area (Å²) in [4.78, 5) is 11.6. The van der Waals surface area contributed by atoms with Gasteiger partial charge in [0.25, 0.3) is 0 Å².